The van der Waals surface area contributed by atoms with Crippen LogP contribution >= 0.6 is 0 Å². The third-order valence-electron chi connectivity index (χ3n) is 5.00. The van der Waals surface area contributed by atoms with Crippen LogP contribution in [-0.2, 0) is 6.42 Å². The van der Waals surface area contributed by atoms with Crippen molar-refractivity contribution in [3.63, 3.8) is 0 Å². The summed E-state index contributed by atoms with van der Waals surface area (Å²) in [5.74, 6) is 0.405. The van der Waals surface area contributed by atoms with E-state index in [1.807, 2.05) is 30.3 Å². The van der Waals surface area contributed by atoms with Crippen molar-refractivity contribution in [2.24, 2.45) is 5.92 Å². The molecule has 2 nitrogen and oxygen atoms in total. The molecule has 0 radical (unpaired) electrons. The van der Waals surface area contributed by atoms with E-state index in [4.69, 9.17) is 0 Å². The van der Waals surface area contributed by atoms with E-state index in [1.54, 1.807) is 0 Å². The number of nitrogens with zero attached hydrogens (tertiary/aromatic N) is 1. The smallest absolute Gasteiger partial charge is 0.0819 e. The molecule has 1 aliphatic rings. The summed E-state index contributed by atoms with van der Waals surface area (Å²) in [4.78, 5) is 2.55. The molecule has 1 N–H and O–H groups in total. The molecule has 1 aliphatic heterocycles. The van der Waals surface area contributed by atoms with Crippen molar-refractivity contribution < 1.29 is 5.11 Å². The molecule has 0 aliphatic carbocycles. The molecule has 2 aromatic carbocycles. The Hall–Kier alpha value is -1.64. The first kappa shape index (κ1) is 16.2. The van der Waals surface area contributed by atoms with Crippen molar-refractivity contribution in [2.45, 2.75) is 31.8 Å². The molecule has 0 saturated carbocycles. The summed E-state index contributed by atoms with van der Waals surface area (Å²) in [7, 11) is 0. The minimum absolute atomic E-state index is 0.303. The van der Waals surface area contributed by atoms with Crippen molar-refractivity contribution in [3.05, 3.63) is 71.8 Å². The van der Waals surface area contributed by atoms with Gasteiger partial charge in [-0.2, -0.15) is 0 Å². The van der Waals surface area contributed by atoms with Gasteiger partial charge in [0, 0.05) is 0 Å². The minimum Gasteiger partial charge on any atom is -0.388 e. The zero-order valence-corrected chi connectivity index (χ0v) is 13.8. The Balaban J connectivity index is 1.40. The highest BCUT2D eigenvalue weighted by Gasteiger charge is 2.25. The van der Waals surface area contributed by atoms with Gasteiger partial charge in [0.05, 0.1) is 6.10 Å². The highest BCUT2D eigenvalue weighted by atomic mass is 16.3. The lowest BCUT2D eigenvalue weighted by Gasteiger charge is -2.34. The third-order valence-corrected chi connectivity index (χ3v) is 5.00. The third kappa shape index (κ3) is 4.66. The summed E-state index contributed by atoms with van der Waals surface area (Å²) in [6.07, 6.45) is 4.27. The molecule has 2 heteroatoms. The molecule has 0 bridgehead atoms. The maximum absolute atomic E-state index is 10.5. The van der Waals surface area contributed by atoms with Crippen LogP contribution < -0.4 is 0 Å². The first-order valence-electron chi connectivity index (χ1n) is 8.82. The Morgan fingerprint density at radius 1 is 0.913 bits per heavy atom. The van der Waals surface area contributed by atoms with Crippen LogP contribution in [0.15, 0.2) is 60.7 Å². The van der Waals surface area contributed by atoms with Gasteiger partial charge in [-0.05, 0) is 62.4 Å². The predicted octanol–water partition coefficient (Wildman–Crippen LogP) is 4.06. The molecule has 0 unspecified atom stereocenters. The van der Waals surface area contributed by atoms with Gasteiger partial charge in [-0.25, -0.2) is 0 Å². The molecule has 1 saturated heterocycles. The van der Waals surface area contributed by atoms with Crippen LogP contribution in [0.5, 0.6) is 0 Å². The van der Waals surface area contributed by atoms with Crippen molar-refractivity contribution >= 4 is 0 Å². The highest BCUT2D eigenvalue weighted by Crippen LogP contribution is 2.30. The van der Waals surface area contributed by atoms with Crippen LogP contribution in [0.4, 0.5) is 0 Å². The van der Waals surface area contributed by atoms with Crippen molar-refractivity contribution in [1.29, 1.82) is 0 Å². The Labute approximate surface area is 139 Å². The number of hydrogen-bond donors (Lipinski definition) is 1. The van der Waals surface area contributed by atoms with Crippen molar-refractivity contribution in [3.8, 4) is 0 Å². The van der Waals surface area contributed by atoms with Crippen LogP contribution in [0.3, 0.4) is 0 Å². The molecule has 1 fully saturated rings. The van der Waals surface area contributed by atoms with E-state index in [-0.39, 0.29) is 6.10 Å². The van der Waals surface area contributed by atoms with Gasteiger partial charge in [0.25, 0.3) is 0 Å². The van der Waals surface area contributed by atoms with E-state index >= 15 is 0 Å². The number of likely N-dealkylation sites (tertiary alicyclic amines) is 1. The minimum atomic E-state index is -0.303. The predicted molar refractivity (Wildman–Crippen MR) is 95.3 cm³/mol. The number of aliphatic hydroxyl groups is 1. The Kier molecular flexibility index (Phi) is 5.84. The van der Waals surface area contributed by atoms with Crippen LogP contribution in [0.25, 0.3) is 0 Å². The lowest BCUT2D eigenvalue weighted by Crippen LogP contribution is -2.36. The summed E-state index contributed by atoms with van der Waals surface area (Å²) in [6, 6.07) is 20.8. The van der Waals surface area contributed by atoms with Gasteiger partial charge in [0.15, 0.2) is 0 Å². The SMILES string of the molecule is O[C@@H](c1ccccc1)C1CCN(CCCc2ccccc2)CC1. The second-order valence-corrected chi connectivity index (χ2v) is 6.62. The number of hydrogen-bond acceptors (Lipinski definition) is 2. The zero-order valence-electron chi connectivity index (χ0n) is 13.8. The maximum Gasteiger partial charge on any atom is 0.0819 e. The van der Waals surface area contributed by atoms with Crippen LogP contribution in [0, 0.1) is 5.92 Å². The Bertz CT molecular complexity index is 561. The molecular formula is C21H27NO. The van der Waals surface area contributed by atoms with E-state index in [1.165, 1.54) is 18.5 Å². The number of piperidine rings is 1. The summed E-state index contributed by atoms with van der Waals surface area (Å²) >= 11 is 0. The second-order valence-electron chi connectivity index (χ2n) is 6.62. The number of rotatable bonds is 6. The highest BCUT2D eigenvalue weighted by molar-refractivity contribution is 5.18. The number of benzene rings is 2. The summed E-state index contributed by atoms with van der Waals surface area (Å²) in [5, 5.41) is 10.5. The maximum atomic E-state index is 10.5. The summed E-state index contributed by atoms with van der Waals surface area (Å²) < 4.78 is 0. The van der Waals surface area contributed by atoms with Gasteiger partial charge in [0.2, 0.25) is 0 Å². The van der Waals surface area contributed by atoms with Gasteiger partial charge >= 0.3 is 0 Å². The van der Waals surface area contributed by atoms with E-state index in [9.17, 15) is 5.11 Å². The lowest BCUT2D eigenvalue weighted by molar-refractivity contribution is 0.0586. The Morgan fingerprint density at radius 3 is 2.17 bits per heavy atom. The summed E-state index contributed by atoms with van der Waals surface area (Å²) in [5.41, 5.74) is 2.50. The van der Waals surface area contributed by atoms with Gasteiger partial charge in [-0.15, -0.1) is 0 Å². The zero-order chi connectivity index (χ0) is 15.9. The van der Waals surface area contributed by atoms with E-state index in [0.717, 1.165) is 37.9 Å². The molecule has 1 heterocycles. The fourth-order valence-corrected chi connectivity index (χ4v) is 3.57. The van der Waals surface area contributed by atoms with E-state index in [2.05, 4.69) is 35.2 Å². The lowest BCUT2D eigenvalue weighted by atomic mass is 9.87. The fourth-order valence-electron chi connectivity index (χ4n) is 3.57. The van der Waals surface area contributed by atoms with E-state index in [0.29, 0.717) is 5.92 Å². The van der Waals surface area contributed by atoms with Gasteiger partial charge in [-0.1, -0.05) is 60.7 Å². The number of aliphatic hydroxyl groups excluding tert-OH is 1. The molecule has 23 heavy (non-hydrogen) atoms. The first-order chi connectivity index (χ1) is 11.3. The largest absolute Gasteiger partial charge is 0.388 e. The molecule has 0 amide bonds. The molecule has 1 atom stereocenters. The van der Waals surface area contributed by atoms with Gasteiger partial charge < -0.3 is 10.0 Å². The van der Waals surface area contributed by atoms with Crippen molar-refractivity contribution in [2.75, 3.05) is 19.6 Å². The molecule has 0 aromatic heterocycles. The van der Waals surface area contributed by atoms with Crippen LogP contribution in [-0.4, -0.2) is 29.6 Å². The van der Waals surface area contributed by atoms with Gasteiger partial charge in [-0.3, -0.25) is 0 Å². The average molecular weight is 309 g/mol. The van der Waals surface area contributed by atoms with Crippen molar-refractivity contribution in [1.82, 2.24) is 4.90 Å². The van der Waals surface area contributed by atoms with Gasteiger partial charge in [0.1, 0.15) is 0 Å². The normalized spacial score (nSPS) is 18.0. The van der Waals surface area contributed by atoms with Crippen LogP contribution in [0.1, 0.15) is 36.5 Å². The average Bonchev–Trinajstić information content (AvgIpc) is 2.63. The molecule has 122 valence electrons. The summed E-state index contributed by atoms with van der Waals surface area (Å²) in [6.45, 7) is 3.40. The topological polar surface area (TPSA) is 23.5 Å². The quantitative estimate of drug-likeness (QED) is 0.869. The Morgan fingerprint density at radius 2 is 1.52 bits per heavy atom. The number of aryl methyl sites for hydroxylation is 1. The monoisotopic (exact) mass is 309 g/mol. The molecule has 2 aromatic rings. The van der Waals surface area contributed by atoms with Crippen LogP contribution in [0.2, 0.25) is 0 Å². The first-order valence-corrected chi connectivity index (χ1v) is 8.82. The van der Waals surface area contributed by atoms with E-state index < -0.39 is 0 Å². The fraction of sp³-hybridized carbons (Fsp3) is 0.429. The molecular weight excluding hydrogens is 282 g/mol. The second kappa shape index (κ2) is 8.28. The standard InChI is InChI=1S/C21H27NO/c23-21(19-11-5-2-6-12-19)20-13-16-22(17-14-20)15-7-10-18-8-3-1-4-9-18/h1-6,8-9,11-12,20-21,23H,7,10,13-17H2/t21-/m0/s1. The molecule has 0 spiro atoms. The molecule has 3 rings (SSSR count).